The van der Waals surface area contributed by atoms with Gasteiger partial charge >= 0.3 is 12.1 Å². The second-order valence-electron chi connectivity index (χ2n) is 3.90. The molecule has 0 aliphatic carbocycles. The van der Waals surface area contributed by atoms with Crippen molar-refractivity contribution in [3.05, 3.63) is 29.3 Å². The third-order valence-corrected chi connectivity index (χ3v) is 2.35. The van der Waals surface area contributed by atoms with Crippen molar-refractivity contribution in [3.63, 3.8) is 0 Å². The van der Waals surface area contributed by atoms with Gasteiger partial charge in [0.2, 0.25) is 5.91 Å². The molecule has 1 N–H and O–H groups in total. The molecule has 1 rings (SSSR count). The van der Waals surface area contributed by atoms with Crippen LogP contribution in [0.4, 0.5) is 18.9 Å². The van der Waals surface area contributed by atoms with E-state index in [0.717, 1.165) is 12.1 Å². The van der Waals surface area contributed by atoms with Crippen molar-refractivity contribution in [3.8, 4) is 6.07 Å². The first kappa shape index (κ1) is 16.5. The van der Waals surface area contributed by atoms with E-state index >= 15 is 0 Å². The highest BCUT2D eigenvalue weighted by Crippen LogP contribution is 2.32. The summed E-state index contributed by atoms with van der Waals surface area (Å²) in [4.78, 5) is 22.6. The van der Waals surface area contributed by atoms with Crippen LogP contribution >= 0.6 is 0 Å². The van der Waals surface area contributed by atoms with Crippen LogP contribution in [0.25, 0.3) is 0 Å². The third-order valence-electron chi connectivity index (χ3n) is 2.35. The van der Waals surface area contributed by atoms with E-state index in [1.165, 1.54) is 0 Å². The highest BCUT2D eigenvalue weighted by molar-refractivity contribution is 6.02. The number of benzene rings is 1. The molecule has 0 heterocycles. The Morgan fingerprint density at radius 2 is 2.05 bits per heavy atom. The summed E-state index contributed by atoms with van der Waals surface area (Å²) in [6.07, 6.45) is -5.25. The summed E-state index contributed by atoms with van der Waals surface area (Å²) in [7, 11) is 0. The van der Waals surface area contributed by atoms with Crippen LogP contribution in [0.3, 0.4) is 0 Å². The van der Waals surface area contributed by atoms with Crippen LogP contribution < -0.4 is 5.32 Å². The standard InChI is InChI=1S/C13H11F3N2O3/c1-2-21-12(20)6-11(19)18-10-5-9(13(14,15)16)4-3-8(10)7-17/h3-5H,2,6H2,1H3,(H,18,19). The van der Waals surface area contributed by atoms with Gasteiger partial charge in [0.05, 0.1) is 23.4 Å². The number of anilines is 1. The number of nitrogens with one attached hydrogen (secondary N) is 1. The van der Waals surface area contributed by atoms with Gasteiger partial charge in [-0.25, -0.2) is 0 Å². The number of esters is 1. The first-order valence-corrected chi connectivity index (χ1v) is 5.84. The van der Waals surface area contributed by atoms with Gasteiger partial charge in [-0.2, -0.15) is 18.4 Å². The maximum Gasteiger partial charge on any atom is 0.416 e. The van der Waals surface area contributed by atoms with E-state index in [4.69, 9.17) is 5.26 Å². The Labute approximate surface area is 118 Å². The minimum Gasteiger partial charge on any atom is -0.466 e. The lowest BCUT2D eigenvalue weighted by Gasteiger charge is -2.11. The monoisotopic (exact) mass is 300 g/mol. The van der Waals surface area contributed by atoms with E-state index in [9.17, 15) is 22.8 Å². The van der Waals surface area contributed by atoms with Crippen LogP contribution in [-0.2, 0) is 20.5 Å². The zero-order chi connectivity index (χ0) is 16.0. The van der Waals surface area contributed by atoms with Gasteiger partial charge in [-0.3, -0.25) is 9.59 Å². The number of hydrogen-bond acceptors (Lipinski definition) is 4. The summed E-state index contributed by atoms with van der Waals surface area (Å²) in [6.45, 7) is 1.63. The van der Waals surface area contributed by atoms with Crippen LogP contribution in [0.1, 0.15) is 24.5 Å². The van der Waals surface area contributed by atoms with Gasteiger partial charge in [0.1, 0.15) is 12.5 Å². The Morgan fingerprint density at radius 3 is 2.57 bits per heavy atom. The molecule has 1 aromatic rings. The average Bonchev–Trinajstić information content (AvgIpc) is 2.37. The zero-order valence-corrected chi connectivity index (χ0v) is 11.0. The first-order valence-electron chi connectivity index (χ1n) is 5.84. The minimum absolute atomic E-state index is 0.0825. The van der Waals surface area contributed by atoms with Crippen molar-refractivity contribution in [2.24, 2.45) is 0 Å². The van der Waals surface area contributed by atoms with Crippen molar-refractivity contribution in [1.29, 1.82) is 5.26 Å². The van der Waals surface area contributed by atoms with Gasteiger partial charge in [0.15, 0.2) is 0 Å². The number of rotatable bonds is 4. The van der Waals surface area contributed by atoms with Crippen molar-refractivity contribution < 1.29 is 27.5 Å². The Morgan fingerprint density at radius 1 is 1.38 bits per heavy atom. The van der Waals surface area contributed by atoms with E-state index in [2.05, 4.69) is 10.1 Å². The number of amides is 1. The van der Waals surface area contributed by atoms with E-state index in [1.807, 2.05) is 0 Å². The molecule has 0 saturated carbocycles. The third kappa shape index (κ3) is 4.80. The lowest BCUT2D eigenvalue weighted by Crippen LogP contribution is -2.19. The summed E-state index contributed by atoms with van der Waals surface area (Å²) in [6, 6.07) is 3.98. The molecule has 0 unspecified atom stereocenters. The number of nitrogens with zero attached hydrogens (tertiary/aromatic N) is 1. The van der Waals surface area contributed by atoms with Gasteiger partial charge in [0, 0.05) is 0 Å². The van der Waals surface area contributed by atoms with Gasteiger partial charge in [-0.1, -0.05) is 0 Å². The van der Waals surface area contributed by atoms with Crippen LogP contribution in [0, 0.1) is 11.3 Å². The van der Waals surface area contributed by atoms with Crippen LogP contribution in [0.15, 0.2) is 18.2 Å². The van der Waals surface area contributed by atoms with Crippen LogP contribution in [0.5, 0.6) is 0 Å². The number of halogens is 3. The maximum absolute atomic E-state index is 12.6. The van der Waals surface area contributed by atoms with E-state index in [0.29, 0.717) is 6.07 Å². The summed E-state index contributed by atoms with van der Waals surface area (Å²) >= 11 is 0. The molecule has 0 spiro atoms. The highest BCUT2D eigenvalue weighted by atomic mass is 19.4. The molecule has 1 aromatic carbocycles. The zero-order valence-electron chi connectivity index (χ0n) is 11.0. The fourth-order valence-electron chi connectivity index (χ4n) is 1.46. The molecule has 0 radical (unpaired) electrons. The van der Waals surface area contributed by atoms with Gasteiger partial charge in [-0.15, -0.1) is 0 Å². The number of ether oxygens (including phenoxy) is 1. The number of alkyl halides is 3. The topological polar surface area (TPSA) is 79.2 Å². The van der Waals surface area contributed by atoms with Gasteiger partial charge < -0.3 is 10.1 Å². The summed E-state index contributed by atoms with van der Waals surface area (Å²) in [5.74, 6) is -1.66. The SMILES string of the molecule is CCOC(=O)CC(=O)Nc1cc(C(F)(F)F)ccc1C#N. The maximum atomic E-state index is 12.6. The van der Waals surface area contributed by atoms with Crippen molar-refractivity contribution in [1.82, 2.24) is 0 Å². The summed E-state index contributed by atoms with van der Waals surface area (Å²) < 4.78 is 42.3. The molecule has 5 nitrogen and oxygen atoms in total. The van der Waals surface area contributed by atoms with Crippen molar-refractivity contribution in [2.45, 2.75) is 19.5 Å². The molecule has 8 heteroatoms. The largest absolute Gasteiger partial charge is 0.466 e. The second kappa shape index (κ2) is 6.74. The number of carbonyl (C=O) groups excluding carboxylic acids is 2. The molecule has 0 fully saturated rings. The molecular weight excluding hydrogens is 289 g/mol. The lowest BCUT2D eigenvalue weighted by atomic mass is 10.1. The van der Waals surface area contributed by atoms with Crippen molar-refractivity contribution in [2.75, 3.05) is 11.9 Å². The number of carbonyl (C=O) groups is 2. The van der Waals surface area contributed by atoms with E-state index in [1.54, 1.807) is 13.0 Å². The molecule has 0 aromatic heterocycles. The molecule has 0 saturated heterocycles. The average molecular weight is 300 g/mol. The predicted octanol–water partition coefficient (Wildman–Crippen LogP) is 2.47. The molecule has 21 heavy (non-hydrogen) atoms. The Balaban J connectivity index is 2.93. The fourth-order valence-corrected chi connectivity index (χ4v) is 1.46. The van der Waals surface area contributed by atoms with E-state index < -0.39 is 30.0 Å². The Hall–Kier alpha value is -2.56. The number of nitriles is 1. The smallest absolute Gasteiger partial charge is 0.416 e. The lowest BCUT2D eigenvalue weighted by molar-refractivity contribution is -0.145. The summed E-state index contributed by atoms with van der Waals surface area (Å²) in [5.41, 5.74) is -1.45. The minimum atomic E-state index is -4.60. The summed E-state index contributed by atoms with van der Waals surface area (Å²) in [5, 5.41) is 10.9. The van der Waals surface area contributed by atoms with Gasteiger partial charge in [0.25, 0.3) is 0 Å². The highest BCUT2D eigenvalue weighted by Gasteiger charge is 2.31. The molecule has 1 amide bonds. The molecule has 0 aliphatic heterocycles. The quantitative estimate of drug-likeness (QED) is 0.684. The number of hydrogen-bond donors (Lipinski definition) is 1. The molecular formula is C13H11F3N2O3. The molecule has 0 aliphatic rings. The Kier molecular flexibility index (Phi) is 5.30. The predicted molar refractivity (Wildman–Crippen MR) is 66.0 cm³/mol. The second-order valence-corrected chi connectivity index (χ2v) is 3.90. The van der Waals surface area contributed by atoms with Crippen LogP contribution in [-0.4, -0.2) is 18.5 Å². The van der Waals surface area contributed by atoms with Gasteiger partial charge in [-0.05, 0) is 25.1 Å². The van der Waals surface area contributed by atoms with Crippen LogP contribution in [0.2, 0.25) is 0 Å². The molecule has 0 bridgehead atoms. The normalized spacial score (nSPS) is 10.6. The fraction of sp³-hybridized carbons (Fsp3) is 0.308. The molecule has 0 atom stereocenters. The first-order chi connectivity index (χ1) is 9.77. The van der Waals surface area contributed by atoms with Crippen molar-refractivity contribution >= 4 is 17.6 Å². The Bertz CT molecular complexity index is 591. The van der Waals surface area contributed by atoms with E-state index in [-0.39, 0.29) is 17.9 Å². The molecule has 112 valence electrons.